The van der Waals surface area contributed by atoms with Gasteiger partial charge in [-0.25, -0.2) is 0 Å². The third kappa shape index (κ3) is 2.37. The van der Waals surface area contributed by atoms with Gasteiger partial charge in [-0.2, -0.15) is 17.7 Å². The Morgan fingerprint density at radius 1 is 1.46 bits per heavy atom. The van der Waals surface area contributed by atoms with Gasteiger partial charge >= 0.3 is 0 Å². The van der Waals surface area contributed by atoms with Crippen molar-refractivity contribution in [2.24, 2.45) is 7.05 Å². The van der Waals surface area contributed by atoms with Crippen molar-refractivity contribution in [3.63, 3.8) is 0 Å². The smallest absolute Gasteiger partial charge is 0.0668 e. The topological polar surface area (TPSA) is 17.8 Å². The molecule has 1 aromatic heterocycles. The summed E-state index contributed by atoms with van der Waals surface area (Å²) in [7, 11) is 1.97. The summed E-state index contributed by atoms with van der Waals surface area (Å²) in [4.78, 5) is 0. The summed E-state index contributed by atoms with van der Waals surface area (Å²) in [6.45, 7) is 4.12. The lowest BCUT2D eigenvalue weighted by atomic mass is 10.2. The van der Waals surface area contributed by atoms with E-state index in [-0.39, 0.29) is 0 Å². The van der Waals surface area contributed by atoms with Crippen LogP contribution in [-0.2, 0) is 7.05 Å². The van der Waals surface area contributed by atoms with E-state index in [0.29, 0.717) is 0 Å². The van der Waals surface area contributed by atoms with E-state index < -0.39 is 0 Å². The standard InChI is InChI=1S/C10H16N2S/c1-8-10(6-4-5-7-13)9(2)12(3)11-8/h4,6,13H,5,7H2,1-3H3. The van der Waals surface area contributed by atoms with Gasteiger partial charge in [-0.15, -0.1) is 0 Å². The number of nitrogens with zero attached hydrogens (tertiary/aromatic N) is 2. The van der Waals surface area contributed by atoms with Gasteiger partial charge in [0.1, 0.15) is 0 Å². The molecule has 3 heteroatoms. The average molecular weight is 196 g/mol. The third-order valence-corrected chi connectivity index (χ3v) is 2.40. The van der Waals surface area contributed by atoms with Gasteiger partial charge in [0.25, 0.3) is 0 Å². The SMILES string of the molecule is Cc1nn(C)c(C)c1C=CCCS. The van der Waals surface area contributed by atoms with Crippen LogP contribution in [0.3, 0.4) is 0 Å². The lowest BCUT2D eigenvalue weighted by Crippen LogP contribution is -1.92. The van der Waals surface area contributed by atoms with E-state index in [0.717, 1.165) is 17.9 Å². The van der Waals surface area contributed by atoms with Crippen LogP contribution in [0.5, 0.6) is 0 Å². The van der Waals surface area contributed by atoms with Crippen molar-refractivity contribution in [3.05, 3.63) is 23.0 Å². The average Bonchev–Trinajstić information content (AvgIpc) is 2.32. The van der Waals surface area contributed by atoms with Crippen LogP contribution in [0.4, 0.5) is 0 Å². The highest BCUT2D eigenvalue weighted by molar-refractivity contribution is 7.80. The van der Waals surface area contributed by atoms with Crippen molar-refractivity contribution in [1.29, 1.82) is 0 Å². The van der Waals surface area contributed by atoms with Crippen LogP contribution in [0, 0.1) is 13.8 Å². The second kappa shape index (κ2) is 4.51. The van der Waals surface area contributed by atoms with E-state index in [2.05, 4.69) is 36.8 Å². The van der Waals surface area contributed by atoms with Crippen LogP contribution in [0.25, 0.3) is 6.08 Å². The lowest BCUT2D eigenvalue weighted by Gasteiger charge is -1.93. The van der Waals surface area contributed by atoms with Gasteiger partial charge < -0.3 is 0 Å². The number of hydrogen-bond donors (Lipinski definition) is 1. The summed E-state index contributed by atoms with van der Waals surface area (Å²) in [5.74, 6) is 0.898. The highest BCUT2D eigenvalue weighted by Gasteiger charge is 2.04. The van der Waals surface area contributed by atoms with Gasteiger partial charge in [-0.1, -0.05) is 12.2 Å². The third-order valence-electron chi connectivity index (χ3n) is 2.15. The van der Waals surface area contributed by atoms with Crippen LogP contribution in [0.2, 0.25) is 0 Å². The molecule has 1 aromatic rings. The zero-order chi connectivity index (χ0) is 9.84. The van der Waals surface area contributed by atoms with Crippen molar-refractivity contribution in [2.75, 3.05) is 5.75 Å². The number of hydrogen-bond acceptors (Lipinski definition) is 2. The fourth-order valence-corrected chi connectivity index (χ4v) is 1.46. The number of allylic oxidation sites excluding steroid dienone is 1. The fraction of sp³-hybridized carbons (Fsp3) is 0.500. The molecule has 0 amide bonds. The molecule has 0 bridgehead atoms. The molecular formula is C10H16N2S. The highest BCUT2D eigenvalue weighted by atomic mass is 32.1. The first-order chi connectivity index (χ1) is 6.16. The molecule has 0 aliphatic heterocycles. The number of rotatable bonds is 3. The van der Waals surface area contributed by atoms with Crippen LogP contribution in [-0.4, -0.2) is 15.5 Å². The zero-order valence-electron chi connectivity index (χ0n) is 8.41. The number of aromatic nitrogens is 2. The van der Waals surface area contributed by atoms with Gasteiger partial charge in [-0.05, 0) is 26.0 Å². The largest absolute Gasteiger partial charge is 0.272 e. The summed E-state index contributed by atoms with van der Waals surface area (Å²) in [5, 5.41) is 4.34. The second-order valence-electron chi connectivity index (χ2n) is 3.12. The Bertz CT molecular complexity index is 313. The van der Waals surface area contributed by atoms with Crippen LogP contribution >= 0.6 is 12.6 Å². The van der Waals surface area contributed by atoms with Crippen molar-refractivity contribution in [1.82, 2.24) is 9.78 Å². The molecule has 0 aliphatic rings. The van der Waals surface area contributed by atoms with Gasteiger partial charge in [0, 0.05) is 18.3 Å². The van der Waals surface area contributed by atoms with Crippen LogP contribution < -0.4 is 0 Å². The van der Waals surface area contributed by atoms with E-state index in [1.54, 1.807) is 0 Å². The summed E-state index contributed by atoms with van der Waals surface area (Å²) < 4.78 is 1.91. The molecule has 0 fully saturated rings. The Labute approximate surface area is 85.1 Å². The molecule has 0 aliphatic carbocycles. The molecule has 0 unspecified atom stereocenters. The molecule has 0 radical (unpaired) electrons. The van der Waals surface area contributed by atoms with E-state index in [1.807, 2.05) is 18.7 Å². The van der Waals surface area contributed by atoms with Crippen molar-refractivity contribution >= 4 is 18.7 Å². The monoisotopic (exact) mass is 196 g/mol. The quantitative estimate of drug-likeness (QED) is 0.735. The van der Waals surface area contributed by atoms with E-state index in [9.17, 15) is 0 Å². The summed E-state index contributed by atoms with van der Waals surface area (Å²) >= 11 is 4.15. The number of aryl methyl sites for hydroxylation is 2. The highest BCUT2D eigenvalue weighted by Crippen LogP contribution is 2.13. The molecule has 0 spiro atoms. The zero-order valence-corrected chi connectivity index (χ0v) is 9.30. The minimum Gasteiger partial charge on any atom is -0.272 e. The molecule has 0 N–H and O–H groups in total. The molecule has 0 aromatic carbocycles. The molecule has 0 saturated carbocycles. The van der Waals surface area contributed by atoms with Crippen LogP contribution in [0.1, 0.15) is 23.4 Å². The molecule has 1 rings (SSSR count). The first kappa shape index (κ1) is 10.4. The molecular weight excluding hydrogens is 180 g/mol. The van der Waals surface area contributed by atoms with Gasteiger partial charge in [0.05, 0.1) is 5.69 Å². The first-order valence-electron chi connectivity index (χ1n) is 4.44. The predicted octanol–water partition coefficient (Wildman–Crippen LogP) is 2.37. The summed E-state index contributed by atoms with van der Waals surface area (Å²) in [5.41, 5.74) is 3.55. The maximum Gasteiger partial charge on any atom is 0.0668 e. The second-order valence-corrected chi connectivity index (χ2v) is 3.57. The minimum atomic E-state index is 0.898. The van der Waals surface area contributed by atoms with Crippen molar-refractivity contribution < 1.29 is 0 Å². The Kier molecular flexibility index (Phi) is 3.60. The maximum absolute atomic E-state index is 4.34. The summed E-state index contributed by atoms with van der Waals surface area (Å²) in [6, 6.07) is 0. The molecule has 13 heavy (non-hydrogen) atoms. The van der Waals surface area contributed by atoms with Crippen molar-refractivity contribution in [3.8, 4) is 0 Å². The van der Waals surface area contributed by atoms with Gasteiger partial charge in [0.2, 0.25) is 0 Å². The Morgan fingerprint density at radius 3 is 2.62 bits per heavy atom. The van der Waals surface area contributed by atoms with Gasteiger partial charge in [-0.3, -0.25) is 4.68 Å². The van der Waals surface area contributed by atoms with Crippen molar-refractivity contribution in [2.45, 2.75) is 20.3 Å². The Balaban J connectivity index is 2.87. The molecule has 1 heterocycles. The normalized spacial score (nSPS) is 11.4. The summed E-state index contributed by atoms with van der Waals surface area (Å²) in [6.07, 6.45) is 5.29. The minimum absolute atomic E-state index is 0.898. The molecule has 2 nitrogen and oxygen atoms in total. The molecule has 0 saturated heterocycles. The van der Waals surface area contributed by atoms with E-state index in [1.165, 1.54) is 11.3 Å². The van der Waals surface area contributed by atoms with Gasteiger partial charge in [0.15, 0.2) is 0 Å². The lowest BCUT2D eigenvalue weighted by molar-refractivity contribution is 0.731. The Morgan fingerprint density at radius 2 is 2.15 bits per heavy atom. The molecule has 0 atom stereocenters. The van der Waals surface area contributed by atoms with E-state index >= 15 is 0 Å². The predicted molar refractivity (Wildman–Crippen MR) is 60.2 cm³/mol. The van der Waals surface area contributed by atoms with Crippen LogP contribution in [0.15, 0.2) is 6.08 Å². The fourth-order valence-electron chi connectivity index (χ4n) is 1.31. The number of thiol groups is 1. The molecule has 72 valence electrons. The maximum atomic E-state index is 4.34. The Hall–Kier alpha value is -0.700. The van der Waals surface area contributed by atoms with E-state index in [4.69, 9.17) is 0 Å². The first-order valence-corrected chi connectivity index (χ1v) is 5.07.